The standard InChI is InChI=1S/C17H32Br2.C16H32O/c1-3-5-7-9-10-12-14-16(15-17(18)19)13-11-8-6-4-2;1-3-5-7-9-10-12-14-16(15-17)13-11-8-6-4-2/h15-16H,3-14H2,1-2H3;15-16H,3-14H2,1-2H3. The molecule has 0 bridgehead atoms. The van der Waals surface area contributed by atoms with Gasteiger partial charge in [-0.3, -0.25) is 0 Å². The highest BCUT2D eigenvalue weighted by molar-refractivity contribution is 9.28. The summed E-state index contributed by atoms with van der Waals surface area (Å²) in [6, 6.07) is 0. The van der Waals surface area contributed by atoms with E-state index in [9.17, 15) is 4.79 Å². The maximum Gasteiger partial charge on any atom is 0.123 e. The summed E-state index contributed by atoms with van der Waals surface area (Å²) in [4.78, 5) is 10.9. The van der Waals surface area contributed by atoms with Crippen molar-refractivity contribution in [3.8, 4) is 0 Å². The van der Waals surface area contributed by atoms with Gasteiger partial charge < -0.3 is 4.79 Å². The van der Waals surface area contributed by atoms with Crippen LogP contribution in [0.2, 0.25) is 0 Å². The lowest BCUT2D eigenvalue weighted by atomic mass is 9.94. The van der Waals surface area contributed by atoms with Crippen LogP contribution in [-0.2, 0) is 4.79 Å². The lowest BCUT2D eigenvalue weighted by molar-refractivity contribution is -0.111. The molecule has 0 rings (SSSR count). The number of halogens is 2. The average molecular weight is 637 g/mol. The first-order chi connectivity index (χ1) is 17.5. The van der Waals surface area contributed by atoms with Crippen molar-refractivity contribution in [1.82, 2.24) is 0 Å². The van der Waals surface area contributed by atoms with Crippen LogP contribution in [0.4, 0.5) is 0 Å². The predicted octanol–water partition coefficient (Wildman–Crippen LogP) is 13.5. The van der Waals surface area contributed by atoms with E-state index in [2.05, 4.69) is 65.6 Å². The lowest BCUT2D eigenvalue weighted by Crippen LogP contribution is -2.02. The Kier molecular flexibility index (Phi) is 35.7. The van der Waals surface area contributed by atoms with Gasteiger partial charge >= 0.3 is 0 Å². The summed E-state index contributed by atoms with van der Waals surface area (Å²) in [6.07, 6.45) is 35.6. The summed E-state index contributed by atoms with van der Waals surface area (Å²) in [5, 5.41) is 0. The second-order valence-corrected chi connectivity index (χ2v) is 13.7. The maximum atomic E-state index is 10.9. The minimum Gasteiger partial charge on any atom is -0.303 e. The number of hydrogen-bond donors (Lipinski definition) is 0. The van der Waals surface area contributed by atoms with Crippen molar-refractivity contribution < 1.29 is 4.79 Å². The molecule has 0 aliphatic heterocycles. The van der Waals surface area contributed by atoms with Crippen molar-refractivity contribution >= 4 is 38.1 Å². The van der Waals surface area contributed by atoms with Gasteiger partial charge in [0.2, 0.25) is 0 Å². The Hall–Kier alpha value is 0.370. The molecule has 0 aromatic heterocycles. The van der Waals surface area contributed by atoms with Crippen molar-refractivity contribution in [3.63, 3.8) is 0 Å². The summed E-state index contributed by atoms with van der Waals surface area (Å²) in [5.74, 6) is 1.11. The SMILES string of the molecule is CCCCCCCCC(C=C(Br)Br)CCCCCC.CCCCCCCCC(C=O)CCCCCC. The third kappa shape index (κ3) is 32.4. The zero-order valence-electron chi connectivity index (χ0n) is 24.9. The van der Waals surface area contributed by atoms with Crippen molar-refractivity contribution in [2.75, 3.05) is 0 Å². The maximum absolute atomic E-state index is 10.9. The molecule has 0 N–H and O–H groups in total. The Bertz CT molecular complexity index is 445. The zero-order valence-corrected chi connectivity index (χ0v) is 28.1. The van der Waals surface area contributed by atoms with Gasteiger partial charge in [0.25, 0.3) is 0 Å². The molecule has 0 aliphatic rings. The molecule has 0 amide bonds. The topological polar surface area (TPSA) is 17.1 Å². The fourth-order valence-electron chi connectivity index (χ4n) is 4.81. The fourth-order valence-corrected chi connectivity index (χ4v) is 5.56. The first-order valence-corrected chi connectivity index (χ1v) is 17.6. The number of allylic oxidation sites excluding steroid dienone is 1. The number of rotatable bonds is 26. The van der Waals surface area contributed by atoms with Gasteiger partial charge in [-0.1, -0.05) is 162 Å². The van der Waals surface area contributed by atoms with E-state index < -0.39 is 0 Å². The quantitative estimate of drug-likeness (QED) is 0.0682. The molecule has 0 aromatic rings. The van der Waals surface area contributed by atoms with E-state index in [1.54, 1.807) is 0 Å². The molecule has 0 heterocycles. The van der Waals surface area contributed by atoms with Crippen LogP contribution in [0.15, 0.2) is 9.47 Å². The smallest absolute Gasteiger partial charge is 0.123 e. The summed E-state index contributed by atoms with van der Waals surface area (Å²) in [7, 11) is 0. The molecule has 0 saturated heterocycles. The summed E-state index contributed by atoms with van der Waals surface area (Å²) < 4.78 is 1.13. The second-order valence-electron chi connectivity index (χ2n) is 10.9. The highest BCUT2D eigenvalue weighted by Crippen LogP contribution is 2.25. The molecule has 0 radical (unpaired) electrons. The van der Waals surface area contributed by atoms with Crippen LogP contribution in [0.25, 0.3) is 0 Å². The van der Waals surface area contributed by atoms with Crippen LogP contribution in [0.1, 0.15) is 182 Å². The van der Waals surface area contributed by atoms with Crippen LogP contribution < -0.4 is 0 Å². The first kappa shape index (κ1) is 38.5. The number of aldehydes is 1. The third-order valence-corrected chi connectivity index (χ3v) is 7.80. The van der Waals surface area contributed by atoms with Crippen LogP contribution in [0.3, 0.4) is 0 Å². The lowest BCUT2D eigenvalue weighted by Gasteiger charge is -2.13. The normalized spacial score (nSPS) is 12.5. The molecular weight excluding hydrogens is 572 g/mol. The van der Waals surface area contributed by atoms with Crippen LogP contribution in [-0.4, -0.2) is 6.29 Å². The molecule has 36 heavy (non-hydrogen) atoms. The molecule has 2 unspecified atom stereocenters. The van der Waals surface area contributed by atoms with Crippen molar-refractivity contribution in [2.24, 2.45) is 11.8 Å². The molecule has 0 spiro atoms. The largest absolute Gasteiger partial charge is 0.303 e. The van der Waals surface area contributed by atoms with E-state index in [0.29, 0.717) is 5.92 Å². The minimum absolute atomic E-state index is 0.345. The molecule has 0 aliphatic carbocycles. The number of hydrogen-bond acceptors (Lipinski definition) is 1. The van der Waals surface area contributed by atoms with E-state index in [4.69, 9.17) is 0 Å². The number of carbonyl (C=O) groups is 1. The molecule has 2 atom stereocenters. The Morgan fingerprint density at radius 3 is 1.06 bits per heavy atom. The zero-order chi connectivity index (χ0) is 27.1. The summed E-state index contributed by atoms with van der Waals surface area (Å²) in [5.41, 5.74) is 0. The van der Waals surface area contributed by atoms with Crippen LogP contribution in [0.5, 0.6) is 0 Å². The Labute approximate surface area is 245 Å². The highest BCUT2D eigenvalue weighted by Gasteiger charge is 2.07. The van der Waals surface area contributed by atoms with Gasteiger partial charge in [-0.2, -0.15) is 0 Å². The Balaban J connectivity index is 0. The molecule has 0 aromatic carbocycles. The average Bonchev–Trinajstić information content (AvgIpc) is 2.87. The number of unbranched alkanes of at least 4 members (excludes halogenated alkanes) is 16. The first-order valence-electron chi connectivity index (χ1n) is 16.0. The van der Waals surface area contributed by atoms with Crippen molar-refractivity contribution in [3.05, 3.63) is 9.47 Å². The molecule has 216 valence electrons. The van der Waals surface area contributed by atoms with E-state index in [1.165, 1.54) is 148 Å². The minimum atomic E-state index is 0.345. The Morgan fingerprint density at radius 2 is 0.750 bits per heavy atom. The van der Waals surface area contributed by atoms with Crippen LogP contribution >= 0.6 is 31.9 Å². The summed E-state index contributed by atoms with van der Waals surface area (Å²) in [6.45, 7) is 9.04. The van der Waals surface area contributed by atoms with E-state index in [0.717, 1.165) is 22.2 Å². The fraction of sp³-hybridized carbons (Fsp3) is 0.909. The van der Waals surface area contributed by atoms with E-state index >= 15 is 0 Å². The molecule has 0 fully saturated rings. The van der Waals surface area contributed by atoms with E-state index in [1.807, 2.05) is 0 Å². The van der Waals surface area contributed by atoms with Crippen molar-refractivity contribution in [1.29, 1.82) is 0 Å². The van der Waals surface area contributed by atoms with Gasteiger partial charge in [0.15, 0.2) is 0 Å². The monoisotopic (exact) mass is 634 g/mol. The predicted molar refractivity (Wildman–Crippen MR) is 172 cm³/mol. The second kappa shape index (κ2) is 33.4. The highest BCUT2D eigenvalue weighted by atomic mass is 79.9. The van der Waals surface area contributed by atoms with Gasteiger partial charge in [0.05, 0.1) is 3.39 Å². The van der Waals surface area contributed by atoms with Gasteiger partial charge in [0, 0.05) is 5.92 Å². The van der Waals surface area contributed by atoms with Gasteiger partial charge in [-0.05, 0) is 63.5 Å². The van der Waals surface area contributed by atoms with Gasteiger partial charge in [0.1, 0.15) is 6.29 Å². The molecule has 1 nitrogen and oxygen atoms in total. The van der Waals surface area contributed by atoms with Crippen LogP contribution in [0, 0.1) is 11.8 Å². The molecule has 3 heteroatoms. The summed E-state index contributed by atoms with van der Waals surface area (Å²) >= 11 is 7.04. The molecule has 0 saturated carbocycles. The third-order valence-electron chi connectivity index (χ3n) is 7.27. The van der Waals surface area contributed by atoms with Gasteiger partial charge in [-0.25, -0.2) is 0 Å². The van der Waals surface area contributed by atoms with Crippen molar-refractivity contribution in [2.45, 2.75) is 182 Å². The Morgan fingerprint density at radius 1 is 0.472 bits per heavy atom. The number of carbonyl (C=O) groups excluding carboxylic acids is 1. The molecular formula is C33H64Br2O. The van der Waals surface area contributed by atoms with Gasteiger partial charge in [-0.15, -0.1) is 0 Å². The van der Waals surface area contributed by atoms with E-state index in [-0.39, 0.29) is 0 Å².